The summed E-state index contributed by atoms with van der Waals surface area (Å²) in [6, 6.07) is 3.19. The van der Waals surface area contributed by atoms with E-state index < -0.39 is 0 Å². The zero-order chi connectivity index (χ0) is 22.8. The predicted octanol–water partition coefficient (Wildman–Crippen LogP) is 4.30. The Morgan fingerprint density at radius 3 is 2.79 bits per heavy atom. The second-order valence-corrected chi connectivity index (χ2v) is 11.0. The van der Waals surface area contributed by atoms with Gasteiger partial charge in [0.15, 0.2) is 0 Å². The fourth-order valence-electron chi connectivity index (χ4n) is 5.97. The number of anilines is 1. The molecule has 5 rings (SSSR count). The van der Waals surface area contributed by atoms with Crippen molar-refractivity contribution in [3.05, 3.63) is 16.8 Å². The van der Waals surface area contributed by atoms with Gasteiger partial charge in [-0.3, -0.25) is 9.69 Å². The quantitative estimate of drug-likeness (QED) is 0.655. The van der Waals surface area contributed by atoms with Crippen molar-refractivity contribution < 1.29 is 4.79 Å². The molecule has 1 saturated heterocycles. The fourth-order valence-corrected chi connectivity index (χ4v) is 7.21. The molecular formula is C25H34N6OS. The number of likely N-dealkylation sites (tertiary alicyclic amines) is 1. The molecule has 3 heterocycles. The second-order valence-electron chi connectivity index (χ2n) is 9.93. The van der Waals surface area contributed by atoms with Gasteiger partial charge in [0.1, 0.15) is 17.0 Å². The van der Waals surface area contributed by atoms with Crippen molar-refractivity contribution >= 4 is 33.3 Å². The van der Waals surface area contributed by atoms with Crippen LogP contribution in [0.1, 0.15) is 74.1 Å². The Kier molecular flexibility index (Phi) is 6.79. The van der Waals surface area contributed by atoms with Crippen molar-refractivity contribution in [3.8, 4) is 6.07 Å². The highest BCUT2D eigenvalue weighted by Gasteiger charge is 2.31. The van der Waals surface area contributed by atoms with Crippen molar-refractivity contribution in [2.75, 3.05) is 32.0 Å². The number of nitriles is 1. The van der Waals surface area contributed by atoms with E-state index in [0.717, 1.165) is 81.5 Å². The number of rotatable bonds is 7. The van der Waals surface area contributed by atoms with Crippen molar-refractivity contribution in [1.82, 2.24) is 19.8 Å². The third kappa shape index (κ3) is 4.71. The number of hydrogen-bond acceptors (Lipinski definition) is 7. The van der Waals surface area contributed by atoms with Gasteiger partial charge in [-0.1, -0.05) is 0 Å². The molecular weight excluding hydrogens is 432 g/mol. The van der Waals surface area contributed by atoms with E-state index in [4.69, 9.17) is 5.26 Å². The summed E-state index contributed by atoms with van der Waals surface area (Å²) < 4.78 is 0. The van der Waals surface area contributed by atoms with E-state index >= 15 is 0 Å². The predicted molar refractivity (Wildman–Crippen MR) is 131 cm³/mol. The van der Waals surface area contributed by atoms with Crippen LogP contribution in [0.3, 0.4) is 0 Å². The summed E-state index contributed by atoms with van der Waals surface area (Å²) in [6.45, 7) is 2.40. The van der Waals surface area contributed by atoms with Gasteiger partial charge in [-0.15, -0.1) is 11.3 Å². The van der Waals surface area contributed by atoms with Crippen LogP contribution in [0, 0.1) is 11.3 Å². The minimum atomic E-state index is 0.288. The van der Waals surface area contributed by atoms with Crippen LogP contribution in [0.2, 0.25) is 0 Å². The smallest absolute Gasteiger partial charge is 0.236 e. The van der Waals surface area contributed by atoms with Gasteiger partial charge in [-0.2, -0.15) is 5.26 Å². The molecule has 1 aliphatic heterocycles. The molecule has 0 bridgehead atoms. The molecule has 0 radical (unpaired) electrons. The standard InChI is InChI=1S/C25H34N6OS/c1-30(15-21(32)31-13-2-3-14-31)19-9-7-18(8-10-19)29-24-23-22-17(5-4-12-26)6-11-20(22)33-25(23)28-16-27-24/h16-19H,2-11,13-15H2,1H3,(H,27,28,29)/t17-,18-,19-/m0/s1. The number of carbonyl (C=O) groups is 1. The lowest BCUT2D eigenvalue weighted by Crippen LogP contribution is -2.44. The van der Waals surface area contributed by atoms with Gasteiger partial charge in [0.25, 0.3) is 0 Å². The van der Waals surface area contributed by atoms with Crippen molar-refractivity contribution in [3.63, 3.8) is 0 Å². The van der Waals surface area contributed by atoms with Gasteiger partial charge in [0, 0.05) is 36.5 Å². The number of fused-ring (bicyclic) bond motifs is 3. The topological polar surface area (TPSA) is 85.2 Å². The molecule has 2 aromatic heterocycles. The summed E-state index contributed by atoms with van der Waals surface area (Å²) in [5, 5.41) is 14.0. The molecule has 1 amide bonds. The van der Waals surface area contributed by atoms with E-state index in [-0.39, 0.29) is 5.91 Å². The molecule has 0 aromatic carbocycles. The zero-order valence-electron chi connectivity index (χ0n) is 19.6. The number of nitrogens with zero attached hydrogens (tertiary/aromatic N) is 5. The van der Waals surface area contributed by atoms with E-state index in [1.807, 2.05) is 4.90 Å². The summed E-state index contributed by atoms with van der Waals surface area (Å²) in [4.78, 5) is 28.6. The first kappa shape index (κ1) is 22.5. The van der Waals surface area contributed by atoms with Crippen molar-refractivity contribution in [2.45, 2.75) is 82.2 Å². The van der Waals surface area contributed by atoms with Crippen LogP contribution in [-0.2, 0) is 11.2 Å². The molecule has 8 heteroatoms. The minimum Gasteiger partial charge on any atom is -0.367 e. The lowest BCUT2D eigenvalue weighted by molar-refractivity contribution is -0.131. The maximum atomic E-state index is 12.5. The van der Waals surface area contributed by atoms with E-state index in [0.29, 0.717) is 31.0 Å². The van der Waals surface area contributed by atoms with Gasteiger partial charge < -0.3 is 10.2 Å². The largest absolute Gasteiger partial charge is 0.367 e. The molecule has 1 N–H and O–H groups in total. The molecule has 1 atom stereocenters. The Labute approximate surface area is 200 Å². The van der Waals surface area contributed by atoms with Crippen LogP contribution in [0.25, 0.3) is 10.2 Å². The van der Waals surface area contributed by atoms with Crippen LogP contribution >= 0.6 is 11.3 Å². The number of carbonyl (C=O) groups excluding carboxylic acids is 1. The van der Waals surface area contributed by atoms with E-state index in [2.05, 4.69) is 33.3 Å². The molecule has 7 nitrogen and oxygen atoms in total. The molecule has 0 spiro atoms. The molecule has 2 fully saturated rings. The summed E-state index contributed by atoms with van der Waals surface area (Å²) in [5.41, 5.74) is 1.40. The van der Waals surface area contributed by atoms with E-state index in [1.54, 1.807) is 17.7 Å². The number of likely N-dealkylation sites (N-methyl/N-ethyl adjacent to an activating group) is 1. The monoisotopic (exact) mass is 466 g/mol. The molecule has 2 aliphatic carbocycles. The van der Waals surface area contributed by atoms with Crippen LogP contribution in [0.5, 0.6) is 0 Å². The average Bonchev–Trinajstić information content (AvgIpc) is 3.56. The lowest BCUT2D eigenvalue weighted by atomic mass is 9.90. The Hall–Kier alpha value is -2.24. The highest BCUT2D eigenvalue weighted by Crippen LogP contribution is 2.47. The van der Waals surface area contributed by atoms with Crippen LogP contribution < -0.4 is 5.32 Å². The first-order chi connectivity index (χ1) is 16.1. The molecule has 1 saturated carbocycles. The van der Waals surface area contributed by atoms with Gasteiger partial charge in [0.05, 0.1) is 18.0 Å². The number of thiophene rings is 1. The van der Waals surface area contributed by atoms with Gasteiger partial charge >= 0.3 is 0 Å². The van der Waals surface area contributed by atoms with E-state index in [9.17, 15) is 4.79 Å². The van der Waals surface area contributed by atoms with Gasteiger partial charge in [-0.05, 0) is 76.3 Å². The summed E-state index contributed by atoms with van der Waals surface area (Å²) in [5.74, 6) is 1.72. The summed E-state index contributed by atoms with van der Waals surface area (Å²) >= 11 is 1.80. The Morgan fingerprint density at radius 2 is 2.03 bits per heavy atom. The average molecular weight is 467 g/mol. The number of aryl methyl sites for hydroxylation is 1. The number of nitrogens with one attached hydrogen (secondary N) is 1. The Morgan fingerprint density at radius 1 is 1.24 bits per heavy atom. The molecule has 0 unspecified atom stereocenters. The highest BCUT2D eigenvalue weighted by atomic mass is 32.1. The first-order valence-corrected chi connectivity index (χ1v) is 13.3. The summed E-state index contributed by atoms with van der Waals surface area (Å²) in [7, 11) is 2.11. The zero-order valence-corrected chi connectivity index (χ0v) is 20.4. The third-order valence-electron chi connectivity index (χ3n) is 7.84. The lowest BCUT2D eigenvalue weighted by Gasteiger charge is -2.35. The maximum Gasteiger partial charge on any atom is 0.236 e. The number of hydrogen-bond donors (Lipinski definition) is 1. The minimum absolute atomic E-state index is 0.288. The number of amides is 1. The normalized spacial score (nSPS) is 24.9. The number of aromatic nitrogens is 2. The van der Waals surface area contributed by atoms with Crippen LogP contribution in [0.4, 0.5) is 5.82 Å². The van der Waals surface area contributed by atoms with Crippen LogP contribution in [0.15, 0.2) is 6.33 Å². The van der Waals surface area contributed by atoms with Crippen LogP contribution in [-0.4, -0.2) is 64.4 Å². The molecule has 2 aromatic rings. The maximum absolute atomic E-state index is 12.5. The van der Waals surface area contributed by atoms with Gasteiger partial charge in [0.2, 0.25) is 5.91 Å². The second kappa shape index (κ2) is 9.94. The molecule has 33 heavy (non-hydrogen) atoms. The Balaban J connectivity index is 1.22. The van der Waals surface area contributed by atoms with Gasteiger partial charge in [-0.25, -0.2) is 9.97 Å². The highest BCUT2D eigenvalue weighted by molar-refractivity contribution is 7.19. The molecule has 176 valence electrons. The SMILES string of the molecule is CN(CC(=O)N1CCCC1)[C@H]1CC[C@H](Nc2ncnc3sc4c(c23)[C@@H](CCC#N)CC4)CC1. The molecule has 3 aliphatic rings. The third-order valence-corrected chi connectivity index (χ3v) is 9.01. The fraction of sp³-hybridized carbons (Fsp3) is 0.680. The van der Waals surface area contributed by atoms with Crippen molar-refractivity contribution in [1.29, 1.82) is 5.26 Å². The van der Waals surface area contributed by atoms with Crippen molar-refractivity contribution in [2.24, 2.45) is 0 Å². The van der Waals surface area contributed by atoms with E-state index in [1.165, 1.54) is 15.8 Å². The Bertz CT molecular complexity index is 1030. The summed E-state index contributed by atoms with van der Waals surface area (Å²) in [6.07, 6.45) is 12.1. The first-order valence-electron chi connectivity index (χ1n) is 12.5.